The number of ketones is 1. The van der Waals surface area contributed by atoms with Crippen molar-refractivity contribution < 1.29 is 9.18 Å². The summed E-state index contributed by atoms with van der Waals surface area (Å²) in [6.45, 7) is 0. The molecule has 0 saturated heterocycles. The standard InChI is InChI=1S/C13H8BrClFNO/c14-9-4-8(6-17-7-9)13(18)5-10-11(15)2-1-3-12(10)16/h1-4,6-7H,5H2. The van der Waals surface area contributed by atoms with Crippen LogP contribution in [0.1, 0.15) is 15.9 Å². The van der Waals surface area contributed by atoms with Gasteiger partial charge < -0.3 is 0 Å². The predicted octanol–water partition coefficient (Wildman–Crippen LogP) is 4.06. The second kappa shape index (κ2) is 5.59. The van der Waals surface area contributed by atoms with Crippen LogP contribution in [-0.4, -0.2) is 10.8 Å². The van der Waals surface area contributed by atoms with Crippen molar-refractivity contribution in [2.24, 2.45) is 0 Å². The van der Waals surface area contributed by atoms with Gasteiger partial charge in [0.25, 0.3) is 0 Å². The lowest BCUT2D eigenvalue weighted by molar-refractivity contribution is 0.0991. The first-order valence-corrected chi connectivity index (χ1v) is 6.31. The van der Waals surface area contributed by atoms with Crippen molar-refractivity contribution in [3.05, 3.63) is 63.1 Å². The number of carbonyl (C=O) groups is 1. The zero-order valence-electron chi connectivity index (χ0n) is 9.16. The summed E-state index contributed by atoms with van der Waals surface area (Å²) in [6.07, 6.45) is 2.94. The number of carbonyl (C=O) groups excluding carboxylic acids is 1. The monoisotopic (exact) mass is 327 g/mol. The van der Waals surface area contributed by atoms with Crippen molar-refractivity contribution in [3.8, 4) is 0 Å². The average Bonchev–Trinajstić information content (AvgIpc) is 2.34. The van der Waals surface area contributed by atoms with Crippen LogP contribution in [0.5, 0.6) is 0 Å². The van der Waals surface area contributed by atoms with Gasteiger partial charge in [-0.3, -0.25) is 9.78 Å². The van der Waals surface area contributed by atoms with E-state index >= 15 is 0 Å². The lowest BCUT2D eigenvalue weighted by atomic mass is 10.0. The van der Waals surface area contributed by atoms with Crippen LogP contribution in [0, 0.1) is 5.82 Å². The molecule has 0 N–H and O–H groups in total. The van der Waals surface area contributed by atoms with E-state index in [-0.39, 0.29) is 22.8 Å². The van der Waals surface area contributed by atoms with E-state index < -0.39 is 5.82 Å². The van der Waals surface area contributed by atoms with Gasteiger partial charge in [0.1, 0.15) is 5.82 Å². The summed E-state index contributed by atoms with van der Waals surface area (Å²) in [5, 5.41) is 0.256. The molecule has 2 nitrogen and oxygen atoms in total. The summed E-state index contributed by atoms with van der Waals surface area (Å²) >= 11 is 9.11. The molecule has 0 aliphatic rings. The van der Waals surface area contributed by atoms with E-state index in [0.29, 0.717) is 10.0 Å². The zero-order valence-corrected chi connectivity index (χ0v) is 11.5. The van der Waals surface area contributed by atoms with Crippen molar-refractivity contribution in [2.45, 2.75) is 6.42 Å². The first kappa shape index (κ1) is 13.2. The molecule has 1 aromatic heterocycles. The maximum Gasteiger partial charge on any atom is 0.168 e. The first-order valence-electron chi connectivity index (χ1n) is 5.14. The Kier molecular flexibility index (Phi) is 4.09. The van der Waals surface area contributed by atoms with Gasteiger partial charge in [-0.05, 0) is 34.1 Å². The smallest absolute Gasteiger partial charge is 0.168 e. The van der Waals surface area contributed by atoms with E-state index in [1.54, 1.807) is 18.3 Å². The Bertz CT molecular complexity index is 583. The van der Waals surface area contributed by atoms with Gasteiger partial charge in [-0.25, -0.2) is 4.39 Å². The zero-order chi connectivity index (χ0) is 13.1. The Labute approximate surface area is 117 Å². The summed E-state index contributed by atoms with van der Waals surface area (Å²) in [5.41, 5.74) is 0.632. The third-order valence-electron chi connectivity index (χ3n) is 2.43. The molecule has 92 valence electrons. The molecule has 18 heavy (non-hydrogen) atoms. The average molecular weight is 329 g/mol. The van der Waals surface area contributed by atoms with Gasteiger partial charge in [-0.1, -0.05) is 17.7 Å². The predicted molar refractivity (Wildman–Crippen MR) is 71.4 cm³/mol. The number of pyridine rings is 1. The number of nitrogens with zero attached hydrogens (tertiary/aromatic N) is 1. The lowest BCUT2D eigenvalue weighted by Gasteiger charge is -2.05. The number of Topliss-reactive ketones (excluding diaryl/α,β-unsaturated/α-hetero) is 1. The molecule has 0 amide bonds. The molecule has 0 fully saturated rings. The number of benzene rings is 1. The van der Waals surface area contributed by atoms with Gasteiger partial charge in [-0.2, -0.15) is 0 Å². The number of hydrogen-bond donors (Lipinski definition) is 0. The number of aromatic nitrogens is 1. The fraction of sp³-hybridized carbons (Fsp3) is 0.0769. The van der Waals surface area contributed by atoms with Crippen LogP contribution in [0.2, 0.25) is 5.02 Å². The highest BCUT2D eigenvalue weighted by molar-refractivity contribution is 9.10. The second-order valence-electron chi connectivity index (χ2n) is 3.69. The molecular formula is C13H8BrClFNO. The van der Waals surface area contributed by atoms with Gasteiger partial charge in [0.2, 0.25) is 0 Å². The van der Waals surface area contributed by atoms with Gasteiger partial charge >= 0.3 is 0 Å². The van der Waals surface area contributed by atoms with Crippen LogP contribution < -0.4 is 0 Å². The minimum atomic E-state index is -0.473. The minimum Gasteiger partial charge on any atom is -0.294 e. The molecule has 0 radical (unpaired) electrons. The highest BCUT2D eigenvalue weighted by Gasteiger charge is 2.13. The number of rotatable bonds is 3. The molecule has 0 atom stereocenters. The summed E-state index contributed by atoms with van der Waals surface area (Å²) in [4.78, 5) is 15.9. The molecule has 1 heterocycles. The van der Waals surface area contributed by atoms with E-state index in [1.165, 1.54) is 18.3 Å². The molecule has 5 heteroatoms. The largest absolute Gasteiger partial charge is 0.294 e. The molecular weight excluding hydrogens is 321 g/mol. The van der Waals surface area contributed by atoms with Crippen LogP contribution >= 0.6 is 27.5 Å². The highest BCUT2D eigenvalue weighted by atomic mass is 79.9. The molecule has 1 aromatic carbocycles. The molecule has 0 aliphatic carbocycles. The van der Waals surface area contributed by atoms with Crippen LogP contribution in [0.3, 0.4) is 0 Å². The number of hydrogen-bond acceptors (Lipinski definition) is 2. The lowest BCUT2D eigenvalue weighted by Crippen LogP contribution is -2.06. The Hall–Kier alpha value is -1.26. The van der Waals surface area contributed by atoms with Crippen LogP contribution in [-0.2, 0) is 6.42 Å². The van der Waals surface area contributed by atoms with Gasteiger partial charge in [0.05, 0.1) is 0 Å². The molecule has 2 rings (SSSR count). The van der Waals surface area contributed by atoms with Crippen LogP contribution in [0.15, 0.2) is 41.1 Å². The van der Waals surface area contributed by atoms with E-state index in [0.717, 1.165) is 0 Å². The van der Waals surface area contributed by atoms with Crippen molar-refractivity contribution in [1.82, 2.24) is 4.98 Å². The minimum absolute atomic E-state index is 0.0797. The first-order chi connectivity index (χ1) is 8.58. The molecule has 0 aliphatic heterocycles. The number of halogens is 3. The third-order valence-corrected chi connectivity index (χ3v) is 3.21. The summed E-state index contributed by atoms with van der Waals surface area (Å²) < 4.78 is 14.2. The Morgan fingerprint density at radius 1 is 1.39 bits per heavy atom. The SMILES string of the molecule is O=C(Cc1c(F)cccc1Cl)c1cncc(Br)c1. The van der Waals surface area contributed by atoms with Gasteiger partial charge in [0, 0.05) is 39.4 Å². The topological polar surface area (TPSA) is 30.0 Å². The third kappa shape index (κ3) is 2.94. The summed E-state index contributed by atoms with van der Waals surface area (Å²) in [6, 6.07) is 6.00. The maximum absolute atomic E-state index is 13.5. The van der Waals surface area contributed by atoms with Crippen molar-refractivity contribution in [2.75, 3.05) is 0 Å². The Morgan fingerprint density at radius 2 is 2.17 bits per heavy atom. The molecule has 0 spiro atoms. The highest BCUT2D eigenvalue weighted by Crippen LogP contribution is 2.21. The molecule has 0 unspecified atom stereocenters. The maximum atomic E-state index is 13.5. The van der Waals surface area contributed by atoms with Crippen molar-refractivity contribution in [1.29, 1.82) is 0 Å². The Morgan fingerprint density at radius 3 is 2.83 bits per heavy atom. The normalized spacial score (nSPS) is 10.4. The van der Waals surface area contributed by atoms with Crippen molar-refractivity contribution >= 4 is 33.3 Å². The molecule has 0 saturated carbocycles. The fourth-order valence-corrected chi connectivity index (χ4v) is 2.12. The van der Waals surface area contributed by atoms with Gasteiger partial charge in [-0.15, -0.1) is 0 Å². The van der Waals surface area contributed by atoms with E-state index in [9.17, 15) is 9.18 Å². The van der Waals surface area contributed by atoms with E-state index in [1.807, 2.05) is 0 Å². The van der Waals surface area contributed by atoms with E-state index in [4.69, 9.17) is 11.6 Å². The molecule has 2 aromatic rings. The van der Waals surface area contributed by atoms with E-state index in [2.05, 4.69) is 20.9 Å². The fourth-order valence-electron chi connectivity index (χ4n) is 1.53. The quantitative estimate of drug-likeness (QED) is 0.795. The van der Waals surface area contributed by atoms with Gasteiger partial charge in [0.15, 0.2) is 5.78 Å². The van der Waals surface area contributed by atoms with Crippen molar-refractivity contribution in [3.63, 3.8) is 0 Å². The van der Waals surface area contributed by atoms with Crippen LogP contribution in [0.25, 0.3) is 0 Å². The van der Waals surface area contributed by atoms with Crippen LogP contribution in [0.4, 0.5) is 4.39 Å². The molecule has 0 bridgehead atoms. The second-order valence-corrected chi connectivity index (χ2v) is 5.01. The summed E-state index contributed by atoms with van der Waals surface area (Å²) in [7, 11) is 0. The summed E-state index contributed by atoms with van der Waals surface area (Å²) in [5.74, 6) is -0.699. The Balaban J connectivity index is 2.27.